The van der Waals surface area contributed by atoms with Crippen molar-refractivity contribution in [3.63, 3.8) is 0 Å². The summed E-state index contributed by atoms with van der Waals surface area (Å²) in [5.41, 5.74) is -0.878. The first-order chi connectivity index (χ1) is 13.4. The zero-order valence-electron chi connectivity index (χ0n) is 18.9. The van der Waals surface area contributed by atoms with Crippen molar-refractivity contribution in [2.75, 3.05) is 13.6 Å². The normalized spacial score (nSPS) is 31.5. The summed E-state index contributed by atoms with van der Waals surface area (Å²) in [6, 6.07) is -0.622. The molecule has 1 unspecified atom stereocenters. The third-order valence-corrected chi connectivity index (χ3v) is 6.90. The van der Waals surface area contributed by atoms with E-state index in [1.54, 1.807) is 27.8 Å². The fourth-order valence-electron chi connectivity index (χ4n) is 6.08. The first kappa shape index (κ1) is 22.1. The van der Waals surface area contributed by atoms with Gasteiger partial charge in [-0.05, 0) is 83.0 Å². The van der Waals surface area contributed by atoms with Gasteiger partial charge in [-0.15, -0.1) is 0 Å². The Balaban J connectivity index is 1.64. The van der Waals surface area contributed by atoms with Crippen LogP contribution < -0.4 is 5.32 Å². The van der Waals surface area contributed by atoms with E-state index in [1.807, 2.05) is 13.8 Å². The molecular weight excluding hydrogens is 368 g/mol. The Hall–Kier alpha value is -1.59. The number of ether oxygens (including phenoxy) is 1. The second kappa shape index (κ2) is 7.92. The topological polar surface area (TPSA) is 75.7 Å². The highest BCUT2D eigenvalue weighted by Gasteiger charge is 2.55. The van der Waals surface area contributed by atoms with Crippen molar-refractivity contribution in [1.82, 2.24) is 10.2 Å². The smallest absolute Gasteiger partial charge is 0.326 e. The molecule has 4 rings (SSSR count). The highest BCUT2D eigenvalue weighted by Crippen LogP contribution is 2.60. The Kier molecular flexibility index (Phi) is 6.03. The van der Waals surface area contributed by atoms with Gasteiger partial charge < -0.3 is 15.0 Å². The number of hydrogen-bond acceptors (Lipinski definition) is 4. The average molecular weight is 407 g/mol. The number of nitrogens with zero attached hydrogens (tertiary/aromatic N) is 1. The van der Waals surface area contributed by atoms with E-state index in [-0.39, 0.29) is 29.7 Å². The summed E-state index contributed by atoms with van der Waals surface area (Å²) in [7, 11) is 1.60. The molecule has 0 aliphatic heterocycles. The van der Waals surface area contributed by atoms with Gasteiger partial charge in [-0.25, -0.2) is 0 Å². The van der Waals surface area contributed by atoms with Crippen LogP contribution >= 0.6 is 0 Å². The molecule has 4 fully saturated rings. The molecule has 0 radical (unpaired) electrons. The van der Waals surface area contributed by atoms with Crippen LogP contribution in [0.3, 0.4) is 0 Å². The molecule has 0 heterocycles. The van der Waals surface area contributed by atoms with E-state index >= 15 is 0 Å². The molecule has 6 heteroatoms. The minimum absolute atomic E-state index is 0.0503. The molecule has 29 heavy (non-hydrogen) atoms. The summed E-state index contributed by atoms with van der Waals surface area (Å²) in [6.07, 6.45) is 6.74. The molecule has 4 aliphatic rings. The van der Waals surface area contributed by atoms with Crippen molar-refractivity contribution >= 4 is 17.8 Å². The molecule has 0 aromatic rings. The molecule has 6 nitrogen and oxygen atoms in total. The number of rotatable bonds is 6. The quantitative estimate of drug-likeness (QED) is 0.688. The lowest BCUT2D eigenvalue weighted by molar-refractivity contribution is -0.159. The number of amides is 2. The van der Waals surface area contributed by atoms with Gasteiger partial charge in [0.1, 0.15) is 18.2 Å². The third-order valence-electron chi connectivity index (χ3n) is 6.90. The number of hydrogen-bond donors (Lipinski definition) is 1. The van der Waals surface area contributed by atoms with Crippen LogP contribution in [0.15, 0.2) is 0 Å². The van der Waals surface area contributed by atoms with Crippen LogP contribution in [0.25, 0.3) is 0 Å². The number of carbonyl (C=O) groups excluding carboxylic acids is 3. The highest BCUT2D eigenvalue weighted by molar-refractivity contribution is 5.91. The van der Waals surface area contributed by atoms with Crippen LogP contribution in [0.2, 0.25) is 0 Å². The largest absolute Gasteiger partial charge is 0.459 e. The van der Waals surface area contributed by atoms with E-state index in [9.17, 15) is 14.4 Å². The summed E-state index contributed by atoms with van der Waals surface area (Å²) < 4.78 is 5.32. The molecule has 1 atom stereocenters. The lowest BCUT2D eigenvalue weighted by Gasteiger charge is -2.56. The summed E-state index contributed by atoms with van der Waals surface area (Å²) in [4.78, 5) is 39.9. The third kappa shape index (κ3) is 4.95. The molecule has 0 spiro atoms. The number of carbonyl (C=O) groups is 3. The Labute approximate surface area is 175 Å². The number of nitrogens with one attached hydrogen (secondary N) is 1. The van der Waals surface area contributed by atoms with Gasteiger partial charge in [0.05, 0.1) is 0 Å². The predicted molar refractivity (Wildman–Crippen MR) is 111 cm³/mol. The van der Waals surface area contributed by atoms with Crippen molar-refractivity contribution in [2.45, 2.75) is 84.8 Å². The number of esters is 1. The van der Waals surface area contributed by atoms with Gasteiger partial charge in [-0.1, -0.05) is 13.8 Å². The Morgan fingerprint density at radius 3 is 1.93 bits per heavy atom. The zero-order valence-corrected chi connectivity index (χ0v) is 18.9. The molecule has 4 bridgehead atoms. The standard InChI is InChI=1S/C23H38N2O4/c1-14(2)19(20(27)25(6)13-18(26)29-22(3,4)5)24-21(28)23-10-15-7-16(11-23)9-17(8-15)12-23/h14-17,19H,7-13H2,1-6H3,(H,24,28). The predicted octanol–water partition coefficient (Wildman–Crippen LogP) is 3.14. The van der Waals surface area contributed by atoms with Crippen molar-refractivity contribution in [3.05, 3.63) is 0 Å². The van der Waals surface area contributed by atoms with Gasteiger partial charge in [0.15, 0.2) is 0 Å². The zero-order chi connectivity index (χ0) is 21.6. The van der Waals surface area contributed by atoms with Crippen LogP contribution in [0.4, 0.5) is 0 Å². The van der Waals surface area contributed by atoms with Gasteiger partial charge in [-0.3, -0.25) is 14.4 Å². The van der Waals surface area contributed by atoms with Gasteiger partial charge in [0.25, 0.3) is 0 Å². The van der Waals surface area contributed by atoms with Gasteiger partial charge in [-0.2, -0.15) is 0 Å². The van der Waals surface area contributed by atoms with Crippen molar-refractivity contribution in [2.24, 2.45) is 29.1 Å². The van der Waals surface area contributed by atoms with E-state index in [1.165, 1.54) is 24.2 Å². The van der Waals surface area contributed by atoms with Crippen LogP contribution in [0.1, 0.15) is 73.1 Å². The maximum Gasteiger partial charge on any atom is 0.326 e. The fourth-order valence-corrected chi connectivity index (χ4v) is 6.08. The van der Waals surface area contributed by atoms with Gasteiger partial charge in [0, 0.05) is 12.5 Å². The van der Waals surface area contributed by atoms with E-state index in [4.69, 9.17) is 4.74 Å². The highest BCUT2D eigenvalue weighted by atomic mass is 16.6. The maximum atomic E-state index is 13.4. The summed E-state index contributed by atoms with van der Waals surface area (Å²) in [6.45, 7) is 9.15. The van der Waals surface area contributed by atoms with Crippen LogP contribution in [0, 0.1) is 29.1 Å². The number of likely N-dealkylation sites (N-methyl/N-ethyl adjacent to an activating group) is 1. The molecule has 2 amide bonds. The van der Waals surface area contributed by atoms with Crippen LogP contribution in [-0.4, -0.2) is 47.9 Å². The maximum absolute atomic E-state index is 13.4. The molecule has 4 aliphatic carbocycles. The minimum atomic E-state index is -0.622. The summed E-state index contributed by atoms with van der Waals surface area (Å²) >= 11 is 0. The van der Waals surface area contributed by atoms with E-state index < -0.39 is 17.6 Å². The molecule has 1 N–H and O–H groups in total. The lowest BCUT2D eigenvalue weighted by Crippen LogP contribution is -2.58. The molecule has 4 saturated carbocycles. The molecule has 0 saturated heterocycles. The van der Waals surface area contributed by atoms with Crippen LogP contribution in [0.5, 0.6) is 0 Å². The Bertz CT molecular complexity index is 629. The second-order valence-corrected chi connectivity index (χ2v) is 11.2. The van der Waals surface area contributed by atoms with Crippen molar-refractivity contribution in [1.29, 1.82) is 0 Å². The Morgan fingerprint density at radius 2 is 1.52 bits per heavy atom. The molecular formula is C23H38N2O4. The minimum Gasteiger partial charge on any atom is -0.459 e. The summed E-state index contributed by atoms with van der Waals surface area (Å²) in [5.74, 6) is 1.35. The van der Waals surface area contributed by atoms with Gasteiger partial charge in [0.2, 0.25) is 11.8 Å². The molecule has 0 aromatic heterocycles. The van der Waals surface area contributed by atoms with Gasteiger partial charge >= 0.3 is 5.97 Å². The van der Waals surface area contributed by atoms with E-state index in [0.29, 0.717) is 17.8 Å². The Morgan fingerprint density at radius 1 is 1.03 bits per heavy atom. The first-order valence-electron chi connectivity index (χ1n) is 11.2. The second-order valence-electron chi connectivity index (χ2n) is 11.2. The average Bonchev–Trinajstić information content (AvgIpc) is 2.55. The molecule has 0 aromatic carbocycles. The lowest BCUT2D eigenvalue weighted by atomic mass is 9.49. The van der Waals surface area contributed by atoms with Crippen molar-refractivity contribution in [3.8, 4) is 0 Å². The SMILES string of the molecule is CC(C)C(NC(=O)C12CC3CC(CC(C3)C1)C2)C(=O)N(C)CC(=O)OC(C)(C)C. The van der Waals surface area contributed by atoms with E-state index in [2.05, 4.69) is 5.32 Å². The van der Waals surface area contributed by atoms with E-state index in [0.717, 1.165) is 19.3 Å². The monoisotopic (exact) mass is 406 g/mol. The van der Waals surface area contributed by atoms with Crippen LogP contribution in [-0.2, 0) is 19.1 Å². The van der Waals surface area contributed by atoms with Crippen molar-refractivity contribution < 1.29 is 19.1 Å². The summed E-state index contributed by atoms with van der Waals surface area (Å²) in [5, 5.41) is 3.09. The first-order valence-corrected chi connectivity index (χ1v) is 11.2. The fraction of sp³-hybridized carbons (Fsp3) is 0.870. The molecule has 164 valence electrons.